The van der Waals surface area contributed by atoms with Gasteiger partial charge in [-0.25, -0.2) is 4.98 Å². The molecule has 1 fully saturated rings. The fourth-order valence-corrected chi connectivity index (χ4v) is 2.22. The third kappa shape index (κ3) is 2.47. The van der Waals surface area contributed by atoms with E-state index in [0.717, 1.165) is 30.4 Å². The van der Waals surface area contributed by atoms with Crippen molar-refractivity contribution in [3.05, 3.63) is 22.8 Å². The molecule has 0 amide bonds. The maximum absolute atomic E-state index is 6.00. The number of aromatic nitrogens is 1. The zero-order valence-corrected chi connectivity index (χ0v) is 10.4. The molecule has 0 radical (unpaired) electrons. The van der Waals surface area contributed by atoms with E-state index in [1.165, 1.54) is 12.8 Å². The number of nitrogens with zero attached hydrogens (tertiary/aromatic N) is 2. The van der Waals surface area contributed by atoms with Crippen molar-refractivity contribution in [1.29, 1.82) is 0 Å². The minimum Gasteiger partial charge on any atom is -0.357 e. The van der Waals surface area contributed by atoms with E-state index in [-0.39, 0.29) is 0 Å². The van der Waals surface area contributed by atoms with Crippen molar-refractivity contribution >= 4 is 17.4 Å². The normalized spacial score (nSPS) is 17.8. The van der Waals surface area contributed by atoms with Crippen molar-refractivity contribution < 1.29 is 0 Å². The Kier molecular flexibility index (Phi) is 3.66. The highest BCUT2D eigenvalue weighted by molar-refractivity contribution is 6.31. The summed E-state index contributed by atoms with van der Waals surface area (Å²) in [5, 5.41) is 0.664. The van der Waals surface area contributed by atoms with Gasteiger partial charge in [0.15, 0.2) is 0 Å². The summed E-state index contributed by atoms with van der Waals surface area (Å²) < 4.78 is 0. The molecule has 0 saturated carbocycles. The third-order valence-electron chi connectivity index (χ3n) is 3.25. The molecule has 0 aliphatic carbocycles. The van der Waals surface area contributed by atoms with Crippen LogP contribution in [0.5, 0.6) is 0 Å². The first-order valence-electron chi connectivity index (χ1n) is 5.80. The molecule has 1 aliphatic heterocycles. The van der Waals surface area contributed by atoms with Gasteiger partial charge in [-0.15, -0.1) is 0 Å². The standard InChI is InChI=1S/C12H18ClN3/c1-9-2-4-16(5-3-9)12-6-10(7-14)11(13)8-15-12/h6,8-9H,2-5,7,14H2,1H3. The summed E-state index contributed by atoms with van der Waals surface area (Å²) in [5.74, 6) is 1.84. The van der Waals surface area contributed by atoms with E-state index in [2.05, 4.69) is 16.8 Å². The summed E-state index contributed by atoms with van der Waals surface area (Å²) in [4.78, 5) is 6.69. The number of nitrogens with two attached hydrogens (primary N) is 1. The van der Waals surface area contributed by atoms with E-state index in [1.54, 1.807) is 6.20 Å². The number of halogens is 1. The lowest BCUT2D eigenvalue weighted by atomic mass is 9.99. The Hall–Kier alpha value is -0.800. The molecular weight excluding hydrogens is 222 g/mol. The number of piperidine rings is 1. The Bertz CT molecular complexity index is 359. The lowest BCUT2D eigenvalue weighted by Gasteiger charge is -2.31. The first-order valence-corrected chi connectivity index (χ1v) is 6.18. The second-order valence-corrected chi connectivity index (χ2v) is 4.91. The Morgan fingerprint density at radius 3 is 2.81 bits per heavy atom. The first kappa shape index (κ1) is 11.7. The molecule has 1 aliphatic rings. The number of rotatable bonds is 2. The van der Waals surface area contributed by atoms with Gasteiger partial charge >= 0.3 is 0 Å². The van der Waals surface area contributed by atoms with Gasteiger partial charge in [-0.05, 0) is 30.4 Å². The molecule has 0 aromatic carbocycles. The molecular formula is C12H18ClN3. The molecule has 2 heterocycles. The fraction of sp³-hybridized carbons (Fsp3) is 0.583. The van der Waals surface area contributed by atoms with Gasteiger partial charge in [0.2, 0.25) is 0 Å². The average molecular weight is 240 g/mol. The predicted octanol–water partition coefficient (Wildman–Crippen LogP) is 2.43. The lowest BCUT2D eigenvalue weighted by molar-refractivity contribution is 0.436. The summed E-state index contributed by atoms with van der Waals surface area (Å²) in [6.07, 6.45) is 4.18. The van der Waals surface area contributed by atoms with E-state index < -0.39 is 0 Å². The Morgan fingerprint density at radius 2 is 2.19 bits per heavy atom. The second kappa shape index (κ2) is 5.02. The van der Waals surface area contributed by atoms with Crippen molar-refractivity contribution in [2.45, 2.75) is 26.3 Å². The number of anilines is 1. The molecule has 2 rings (SSSR count). The molecule has 1 saturated heterocycles. The molecule has 1 aromatic heterocycles. The van der Waals surface area contributed by atoms with Gasteiger partial charge in [0.05, 0.1) is 5.02 Å². The first-order chi connectivity index (χ1) is 7.70. The van der Waals surface area contributed by atoms with Gasteiger partial charge < -0.3 is 10.6 Å². The SMILES string of the molecule is CC1CCN(c2cc(CN)c(Cl)cn2)CC1. The van der Waals surface area contributed by atoms with Gasteiger partial charge in [0, 0.05) is 25.8 Å². The van der Waals surface area contributed by atoms with Crippen molar-refractivity contribution in [1.82, 2.24) is 4.98 Å². The maximum atomic E-state index is 6.00. The summed E-state index contributed by atoms with van der Waals surface area (Å²) in [7, 11) is 0. The van der Waals surface area contributed by atoms with Crippen LogP contribution in [0.25, 0.3) is 0 Å². The Balaban J connectivity index is 2.14. The topological polar surface area (TPSA) is 42.1 Å². The van der Waals surface area contributed by atoms with Crippen LogP contribution in [0.1, 0.15) is 25.3 Å². The fourth-order valence-electron chi connectivity index (χ4n) is 2.03. The van der Waals surface area contributed by atoms with Crippen LogP contribution in [-0.2, 0) is 6.54 Å². The highest BCUT2D eigenvalue weighted by Gasteiger charge is 2.17. The number of hydrogen-bond acceptors (Lipinski definition) is 3. The van der Waals surface area contributed by atoms with Crippen molar-refractivity contribution in [2.24, 2.45) is 11.7 Å². The quantitative estimate of drug-likeness (QED) is 0.862. The molecule has 16 heavy (non-hydrogen) atoms. The number of pyridine rings is 1. The molecule has 88 valence electrons. The van der Waals surface area contributed by atoms with Crippen LogP contribution < -0.4 is 10.6 Å². The van der Waals surface area contributed by atoms with Crippen molar-refractivity contribution in [2.75, 3.05) is 18.0 Å². The Labute approximate surface area is 102 Å². The monoisotopic (exact) mass is 239 g/mol. The van der Waals surface area contributed by atoms with Crippen LogP contribution in [-0.4, -0.2) is 18.1 Å². The predicted molar refractivity (Wildman–Crippen MR) is 67.7 cm³/mol. The average Bonchev–Trinajstić information content (AvgIpc) is 2.31. The van der Waals surface area contributed by atoms with Gasteiger partial charge in [-0.2, -0.15) is 0 Å². The molecule has 2 N–H and O–H groups in total. The van der Waals surface area contributed by atoms with Crippen LogP contribution in [0.4, 0.5) is 5.82 Å². The molecule has 0 atom stereocenters. The summed E-state index contributed by atoms with van der Waals surface area (Å²) in [5.41, 5.74) is 6.62. The highest BCUT2D eigenvalue weighted by Crippen LogP contribution is 2.24. The zero-order chi connectivity index (χ0) is 11.5. The van der Waals surface area contributed by atoms with Crippen molar-refractivity contribution in [3.63, 3.8) is 0 Å². The smallest absolute Gasteiger partial charge is 0.128 e. The van der Waals surface area contributed by atoms with Crippen LogP contribution in [0.2, 0.25) is 5.02 Å². The highest BCUT2D eigenvalue weighted by atomic mass is 35.5. The zero-order valence-electron chi connectivity index (χ0n) is 9.62. The molecule has 3 nitrogen and oxygen atoms in total. The molecule has 0 spiro atoms. The summed E-state index contributed by atoms with van der Waals surface area (Å²) in [6, 6.07) is 2.01. The van der Waals surface area contributed by atoms with Crippen LogP contribution in [0.3, 0.4) is 0 Å². The number of hydrogen-bond donors (Lipinski definition) is 1. The lowest BCUT2D eigenvalue weighted by Crippen LogP contribution is -2.33. The van der Waals surface area contributed by atoms with Crippen LogP contribution >= 0.6 is 11.6 Å². The van der Waals surface area contributed by atoms with E-state index >= 15 is 0 Å². The van der Waals surface area contributed by atoms with Crippen LogP contribution in [0, 0.1) is 5.92 Å². The summed E-state index contributed by atoms with van der Waals surface area (Å²) >= 11 is 6.00. The second-order valence-electron chi connectivity index (χ2n) is 4.51. The van der Waals surface area contributed by atoms with Gasteiger partial charge in [-0.3, -0.25) is 0 Å². The molecule has 1 aromatic rings. The van der Waals surface area contributed by atoms with E-state index in [4.69, 9.17) is 17.3 Å². The van der Waals surface area contributed by atoms with Gasteiger partial charge in [0.25, 0.3) is 0 Å². The van der Waals surface area contributed by atoms with Gasteiger partial charge in [0.1, 0.15) is 5.82 Å². The van der Waals surface area contributed by atoms with E-state index in [1.807, 2.05) is 6.07 Å². The molecule has 0 bridgehead atoms. The maximum Gasteiger partial charge on any atom is 0.128 e. The largest absolute Gasteiger partial charge is 0.357 e. The minimum atomic E-state index is 0.471. The van der Waals surface area contributed by atoms with E-state index in [9.17, 15) is 0 Å². The molecule has 4 heteroatoms. The minimum absolute atomic E-state index is 0.471. The Morgan fingerprint density at radius 1 is 1.50 bits per heavy atom. The molecule has 0 unspecified atom stereocenters. The third-order valence-corrected chi connectivity index (χ3v) is 3.59. The van der Waals surface area contributed by atoms with E-state index in [0.29, 0.717) is 11.6 Å². The van der Waals surface area contributed by atoms with Crippen molar-refractivity contribution in [3.8, 4) is 0 Å². The van der Waals surface area contributed by atoms with Gasteiger partial charge in [-0.1, -0.05) is 18.5 Å². The summed E-state index contributed by atoms with van der Waals surface area (Å²) in [6.45, 7) is 4.94. The van der Waals surface area contributed by atoms with Crippen LogP contribution in [0.15, 0.2) is 12.3 Å².